The number of hydrogen-bond acceptors (Lipinski definition) is 2. The number of halogens is 1. The smallest absolute Gasteiger partial charge is 0.133 e. The van der Waals surface area contributed by atoms with E-state index in [2.05, 4.69) is 40.8 Å². The predicted octanol–water partition coefficient (Wildman–Crippen LogP) is 2.79. The summed E-state index contributed by atoms with van der Waals surface area (Å²) in [5.74, 6) is 0.149. The predicted molar refractivity (Wildman–Crippen MR) is 65.6 cm³/mol. The molecular weight excluding hydrogens is 295 g/mol. The zero-order valence-electron chi connectivity index (χ0n) is 6.67. The van der Waals surface area contributed by atoms with Crippen molar-refractivity contribution in [2.24, 2.45) is 5.73 Å². The van der Waals surface area contributed by atoms with Crippen LogP contribution >= 0.6 is 33.9 Å². The van der Waals surface area contributed by atoms with Gasteiger partial charge in [-0.05, 0) is 46.2 Å². The first-order valence-electron chi connectivity index (χ1n) is 3.70. The highest BCUT2D eigenvalue weighted by molar-refractivity contribution is 14.1. The van der Waals surface area contributed by atoms with Crippen molar-refractivity contribution in [2.75, 3.05) is 0 Å². The first kappa shape index (κ1) is 8.96. The van der Waals surface area contributed by atoms with Crippen LogP contribution in [0.2, 0.25) is 0 Å². The van der Waals surface area contributed by atoms with Crippen LogP contribution in [0, 0.1) is 8.98 Å². The lowest BCUT2D eigenvalue weighted by Gasteiger charge is -1.88. The second-order valence-corrected chi connectivity index (χ2v) is 5.04. The molecule has 2 aromatic rings. The number of thiophene rings is 1. The molecule has 0 saturated heterocycles. The average Bonchev–Trinajstić information content (AvgIpc) is 2.46. The van der Waals surface area contributed by atoms with Crippen molar-refractivity contribution in [1.29, 1.82) is 5.41 Å². The van der Waals surface area contributed by atoms with Crippen molar-refractivity contribution in [2.45, 2.75) is 0 Å². The normalized spacial score (nSPS) is 10.5. The van der Waals surface area contributed by atoms with Gasteiger partial charge in [-0.15, -0.1) is 11.3 Å². The average molecular weight is 302 g/mol. The van der Waals surface area contributed by atoms with Crippen molar-refractivity contribution in [3.05, 3.63) is 32.7 Å². The second kappa shape index (κ2) is 3.26. The molecule has 0 fully saturated rings. The highest BCUT2D eigenvalue weighted by atomic mass is 127. The van der Waals surface area contributed by atoms with E-state index in [4.69, 9.17) is 11.1 Å². The number of fused-ring (bicyclic) bond motifs is 1. The minimum atomic E-state index is 0.149. The zero-order valence-corrected chi connectivity index (χ0v) is 9.65. The number of benzene rings is 1. The molecule has 4 heteroatoms. The van der Waals surface area contributed by atoms with Crippen LogP contribution in [0.5, 0.6) is 0 Å². The van der Waals surface area contributed by atoms with Crippen molar-refractivity contribution in [3.8, 4) is 0 Å². The zero-order chi connectivity index (χ0) is 9.42. The number of nitrogen functional groups attached to an aromatic ring is 1. The van der Waals surface area contributed by atoms with Crippen LogP contribution in [0.3, 0.4) is 0 Å². The van der Waals surface area contributed by atoms with Gasteiger partial charge in [0.05, 0.1) is 4.88 Å². The molecule has 0 spiro atoms. The van der Waals surface area contributed by atoms with Crippen molar-refractivity contribution in [1.82, 2.24) is 0 Å². The molecule has 13 heavy (non-hydrogen) atoms. The highest BCUT2D eigenvalue weighted by Gasteiger charge is 2.03. The first-order valence-corrected chi connectivity index (χ1v) is 5.60. The Morgan fingerprint density at radius 3 is 2.85 bits per heavy atom. The maximum Gasteiger partial charge on any atom is 0.133 e. The van der Waals surface area contributed by atoms with Gasteiger partial charge in [0.2, 0.25) is 0 Å². The van der Waals surface area contributed by atoms with Gasteiger partial charge in [0.15, 0.2) is 0 Å². The molecule has 0 amide bonds. The minimum absolute atomic E-state index is 0.149. The fourth-order valence-electron chi connectivity index (χ4n) is 1.14. The van der Waals surface area contributed by atoms with Gasteiger partial charge in [-0.1, -0.05) is 6.07 Å². The van der Waals surface area contributed by atoms with Gasteiger partial charge >= 0.3 is 0 Å². The van der Waals surface area contributed by atoms with Crippen molar-refractivity contribution < 1.29 is 0 Å². The van der Waals surface area contributed by atoms with E-state index in [0.717, 1.165) is 10.3 Å². The van der Waals surface area contributed by atoms with Gasteiger partial charge in [0, 0.05) is 8.27 Å². The highest BCUT2D eigenvalue weighted by Crippen LogP contribution is 2.26. The number of amidine groups is 1. The van der Waals surface area contributed by atoms with Crippen LogP contribution in [-0.2, 0) is 0 Å². The maximum atomic E-state index is 7.31. The fraction of sp³-hybridized carbons (Fsp3) is 0. The summed E-state index contributed by atoms with van der Waals surface area (Å²) in [5.41, 5.74) is 5.41. The Bertz CT molecular complexity index is 475. The molecule has 0 saturated carbocycles. The van der Waals surface area contributed by atoms with E-state index in [1.165, 1.54) is 8.27 Å². The Kier molecular flexibility index (Phi) is 2.25. The van der Waals surface area contributed by atoms with Crippen LogP contribution in [0.4, 0.5) is 0 Å². The fourth-order valence-corrected chi connectivity index (χ4v) is 2.80. The maximum absolute atomic E-state index is 7.31. The molecule has 0 aliphatic carbocycles. The van der Waals surface area contributed by atoms with Crippen LogP contribution in [0.25, 0.3) is 10.1 Å². The third kappa shape index (κ3) is 1.68. The molecule has 0 radical (unpaired) electrons. The van der Waals surface area contributed by atoms with E-state index < -0.39 is 0 Å². The summed E-state index contributed by atoms with van der Waals surface area (Å²) >= 11 is 3.84. The minimum Gasteiger partial charge on any atom is -0.383 e. The van der Waals surface area contributed by atoms with Crippen LogP contribution in [0.1, 0.15) is 4.88 Å². The van der Waals surface area contributed by atoms with Gasteiger partial charge in [0.25, 0.3) is 0 Å². The van der Waals surface area contributed by atoms with Crippen LogP contribution in [0.15, 0.2) is 24.3 Å². The summed E-state index contributed by atoms with van der Waals surface area (Å²) in [7, 11) is 0. The monoisotopic (exact) mass is 302 g/mol. The van der Waals surface area contributed by atoms with Gasteiger partial charge in [-0.25, -0.2) is 0 Å². The topological polar surface area (TPSA) is 49.9 Å². The van der Waals surface area contributed by atoms with Gasteiger partial charge in [-0.2, -0.15) is 0 Å². The molecule has 0 bridgehead atoms. The third-order valence-electron chi connectivity index (χ3n) is 1.75. The van der Waals surface area contributed by atoms with Gasteiger partial charge < -0.3 is 5.73 Å². The largest absolute Gasteiger partial charge is 0.383 e. The summed E-state index contributed by atoms with van der Waals surface area (Å²) in [5, 5.41) is 8.47. The molecule has 1 aromatic heterocycles. The van der Waals surface area contributed by atoms with E-state index in [1.807, 2.05) is 6.07 Å². The molecule has 1 heterocycles. The molecule has 0 atom stereocenters. The van der Waals surface area contributed by atoms with E-state index in [0.29, 0.717) is 0 Å². The summed E-state index contributed by atoms with van der Waals surface area (Å²) < 4.78 is 2.40. The number of nitrogens with one attached hydrogen (secondary N) is 1. The molecular formula is C9H7IN2S. The lowest BCUT2D eigenvalue weighted by molar-refractivity contribution is 1.46. The Labute approximate surface area is 93.4 Å². The summed E-state index contributed by atoms with van der Waals surface area (Å²) in [6.07, 6.45) is 0. The second-order valence-electron chi connectivity index (χ2n) is 2.71. The number of nitrogens with two attached hydrogens (primary N) is 1. The molecule has 0 aliphatic heterocycles. The molecule has 1 aromatic carbocycles. The lowest BCUT2D eigenvalue weighted by atomic mass is 10.2. The molecule has 2 rings (SSSR count). The van der Waals surface area contributed by atoms with Crippen molar-refractivity contribution in [3.63, 3.8) is 0 Å². The number of hydrogen-bond donors (Lipinski definition) is 2. The van der Waals surface area contributed by atoms with Gasteiger partial charge in [0.1, 0.15) is 5.84 Å². The Balaban J connectivity index is 2.68. The van der Waals surface area contributed by atoms with Crippen LogP contribution < -0.4 is 5.73 Å². The number of rotatable bonds is 1. The molecule has 3 N–H and O–H groups in total. The Hall–Kier alpha value is -0.620. The van der Waals surface area contributed by atoms with E-state index in [-0.39, 0.29) is 5.84 Å². The SMILES string of the molecule is N=C(N)c1cc2ccc(I)cc2s1. The van der Waals surface area contributed by atoms with E-state index in [9.17, 15) is 0 Å². The lowest BCUT2D eigenvalue weighted by Crippen LogP contribution is -2.08. The standard InChI is InChI=1S/C9H7IN2S/c10-6-2-1-5-3-8(9(11)12)13-7(5)4-6/h1-4H,(H3,11,12). The van der Waals surface area contributed by atoms with Crippen molar-refractivity contribution >= 4 is 49.8 Å². The van der Waals surface area contributed by atoms with E-state index in [1.54, 1.807) is 11.3 Å². The summed E-state index contributed by atoms with van der Waals surface area (Å²) in [4.78, 5) is 0.844. The summed E-state index contributed by atoms with van der Waals surface area (Å²) in [6.45, 7) is 0. The quantitative estimate of drug-likeness (QED) is 0.475. The molecule has 66 valence electrons. The molecule has 2 nitrogen and oxygen atoms in total. The molecule has 0 aliphatic rings. The Morgan fingerprint density at radius 1 is 1.38 bits per heavy atom. The van der Waals surface area contributed by atoms with E-state index >= 15 is 0 Å². The van der Waals surface area contributed by atoms with Gasteiger partial charge in [-0.3, -0.25) is 5.41 Å². The van der Waals surface area contributed by atoms with Crippen LogP contribution in [-0.4, -0.2) is 5.84 Å². The molecule has 0 unspecified atom stereocenters. The summed E-state index contributed by atoms with van der Waals surface area (Å²) in [6, 6.07) is 8.17. The Morgan fingerprint density at radius 2 is 2.15 bits per heavy atom. The third-order valence-corrected chi connectivity index (χ3v) is 3.55. The first-order chi connectivity index (χ1) is 6.16.